The quantitative estimate of drug-likeness (QED) is 0.161. The number of carbonyl (C=O) groups is 1. The molecule has 160 valence electrons. The summed E-state index contributed by atoms with van der Waals surface area (Å²) in [5, 5.41) is 10.2. The fraction of sp³-hybridized carbons (Fsp3) is 0.944. The van der Waals surface area contributed by atoms with Gasteiger partial charge in [0.25, 0.3) is 0 Å². The monoisotopic (exact) mass is 426 g/mol. The molecule has 0 fully saturated rings. The van der Waals surface area contributed by atoms with Crippen molar-refractivity contribution < 1.29 is 32.1 Å². The molecule has 0 amide bonds. The molecule has 0 unspecified atom stereocenters. The summed E-state index contributed by atoms with van der Waals surface area (Å²) in [4.78, 5) is 10.2. The van der Waals surface area contributed by atoms with Crippen molar-refractivity contribution in [2.45, 2.75) is 110 Å². The van der Waals surface area contributed by atoms with E-state index in [1.54, 1.807) is 0 Å². The molecule has 0 radical (unpaired) electrons. The normalized spacial score (nSPS) is 10.2. The molecule has 6 nitrogen and oxygen atoms in total. The van der Waals surface area contributed by atoms with E-state index < -0.39 is 16.4 Å². The van der Waals surface area contributed by atoms with E-state index in [0.717, 1.165) is 12.8 Å². The number of carbonyl (C=O) groups excluding carboxylic acids is 1. The molecule has 27 heavy (non-hydrogen) atoms. The molecule has 0 aromatic rings. The van der Waals surface area contributed by atoms with Gasteiger partial charge in [-0.2, -0.15) is 0 Å². The van der Waals surface area contributed by atoms with Crippen LogP contribution >= 0.6 is 0 Å². The van der Waals surface area contributed by atoms with Gasteiger partial charge in [-0.3, -0.25) is 13.1 Å². The minimum atomic E-state index is -5.17. The van der Waals surface area contributed by atoms with Crippen LogP contribution in [0.3, 0.4) is 0 Å². The van der Waals surface area contributed by atoms with Crippen molar-refractivity contribution >= 4 is 33.7 Å². The molecule has 0 aliphatic heterocycles. The van der Waals surface area contributed by atoms with Crippen LogP contribution in [0.15, 0.2) is 0 Å². The zero-order valence-corrected chi connectivity index (χ0v) is 18.6. The second kappa shape index (κ2) is 25.8. The van der Waals surface area contributed by atoms with Crippen LogP contribution in [0.4, 0.5) is 4.70 Å². The van der Waals surface area contributed by atoms with Gasteiger partial charge in [-0.25, -0.2) is 0 Å². The molecule has 0 aromatic carbocycles. The van der Waals surface area contributed by atoms with Crippen LogP contribution in [-0.2, 0) is 15.2 Å². The summed E-state index contributed by atoms with van der Waals surface area (Å²) >= 11 is 0. The number of aliphatic carboxylic acids is 1. The maximum atomic E-state index is 10.2. The molecule has 9 heteroatoms. The van der Waals surface area contributed by atoms with E-state index in [-0.39, 0.29) is 28.5 Å². The third kappa shape index (κ3) is 51.8. The molecule has 0 heterocycles. The van der Waals surface area contributed by atoms with E-state index in [1.165, 1.54) is 83.5 Å². The number of hydrogen-bond acceptors (Lipinski definition) is 6. The van der Waals surface area contributed by atoms with Crippen molar-refractivity contribution in [1.82, 2.24) is 0 Å². The molecular formula is C18H36AlFO6S. The van der Waals surface area contributed by atoms with Gasteiger partial charge >= 0.3 is 17.4 Å². The molecule has 0 saturated heterocycles. The second-order valence-corrected chi connectivity index (χ2v) is 7.30. The molecule has 0 rings (SSSR count). The number of carboxylic acid groups (broad SMARTS) is 1. The third-order valence-corrected chi connectivity index (χ3v) is 3.98. The van der Waals surface area contributed by atoms with E-state index in [2.05, 4.69) is 6.92 Å². The molecule has 0 bridgehead atoms. The van der Waals surface area contributed by atoms with E-state index in [1.807, 2.05) is 0 Å². The van der Waals surface area contributed by atoms with Crippen molar-refractivity contribution in [2.75, 3.05) is 0 Å². The first kappa shape index (κ1) is 34.3. The summed E-state index contributed by atoms with van der Waals surface area (Å²) in [5.74, 6) is -0.903. The standard InChI is InChI=1S/C18H36O2.Al.FH.H2O4S/c1-2-3-4-5-6-7-8-9-10-11-12-13-14-15-16-17-18(19)20;;;1-5(2,3)4/h2-17H2,1H3,(H,19,20);;1H;(H2,1,2,3,4)/q;+3;;/p-3. The Morgan fingerprint density at radius 1 is 0.667 bits per heavy atom. The topological polar surface area (TPSA) is 120 Å². The SMILES string of the molecule is CCCCCCCCCCCCCCCCCC(=O)[O-].F.O=S(=O)([O-])[O-].[Al+3]. The van der Waals surface area contributed by atoms with Crippen LogP contribution < -0.4 is 5.11 Å². The van der Waals surface area contributed by atoms with Crippen LogP contribution in [0.5, 0.6) is 0 Å². The summed E-state index contributed by atoms with van der Waals surface area (Å²) < 4.78 is 34.1. The predicted octanol–water partition coefficient (Wildman–Crippen LogP) is 3.43. The first-order valence-corrected chi connectivity index (χ1v) is 11.0. The van der Waals surface area contributed by atoms with E-state index in [9.17, 15) is 9.90 Å². The maximum absolute atomic E-state index is 10.2. The molecule has 0 atom stereocenters. The van der Waals surface area contributed by atoms with E-state index in [4.69, 9.17) is 17.5 Å². The van der Waals surface area contributed by atoms with Crippen molar-refractivity contribution in [2.24, 2.45) is 0 Å². The number of carboxylic acids is 1. The summed E-state index contributed by atoms with van der Waals surface area (Å²) in [6.07, 6.45) is 19.9. The van der Waals surface area contributed by atoms with Gasteiger partial charge in [0.15, 0.2) is 0 Å². The Bertz CT molecular complexity index is 385. The average Bonchev–Trinajstić information content (AvgIpc) is 2.49. The molecule has 0 aromatic heterocycles. The molecule has 0 aliphatic rings. The number of halogens is 1. The van der Waals surface area contributed by atoms with Gasteiger partial charge in [-0.05, 0) is 12.8 Å². The Morgan fingerprint density at radius 3 is 1.11 bits per heavy atom. The van der Waals surface area contributed by atoms with Crippen LogP contribution in [0.25, 0.3) is 0 Å². The van der Waals surface area contributed by atoms with E-state index >= 15 is 0 Å². The van der Waals surface area contributed by atoms with Gasteiger partial charge < -0.3 is 19.0 Å². The summed E-state index contributed by atoms with van der Waals surface area (Å²) in [7, 11) is -5.17. The van der Waals surface area contributed by atoms with Gasteiger partial charge in [0.05, 0.1) is 0 Å². The predicted molar refractivity (Wildman–Crippen MR) is 103 cm³/mol. The van der Waals surface area contributed by atoms with Gasteiger partial charge in [-0.1, -0.05) is 96.8 Å². The maximum Gasteiger partial charge on any atom is 3.00 e. The van der Waals surface area contributed by atoms with Gasteiger partial charge in [0.1, 0.15) is 0 Å². The zero-order chi connectivity index (χ0) is 19.4. The van der Waals surface area contributed by atoms with Crippen LogP contribution in [-0.4, -0.2) is 40.9 Å². The first-order valence-electron chi connectivity index (χ1n) is 9.64. The summed E-state index contributed by atoms with van der Waals surface area (Å²) in [5.41, 5.74) is 0. The van der Waals surface area contributed by atoms with E-state index in [0.29, 0.717) is 0 Å². The fourth-order valence-corrected chi connectivity index (χ4v) is 2.64. The Hall–Kier alpha value is -0.198. The smallest absolute Gasteiger partial charge is 0.759 e. The Labute approximate surface area is 175 Å². The summed E-state index contributed by atoms with van der Waals surface area (Å²) in [6.45, 7) is 2.27. The van der Waals surface area contributed by atoms with Crippen molar-refractivity contribution in [3.05, 3.63) is 0 Å². The summed E-state index contributed by atoms with van der Waals surface area (Å²) in [6, 6.07) is 0. The zero-order valence-electron chi connectivity index (χ0n) is 16.7. The number of hydrogen-bond donors (Lipinski definition) is 0. The van der Waals surface area contributed by atoms with Gasteiger partial charge in [0, 0.05) is 16.4 Å². The van der Waals surface area contributed by atoms with Crippen molar-refractivity contribution in [3.63, 3.8) is 0 Å². The average molecular weight is 427 g/mol. The Balaban J connectivity index is -0.000000333. The Morgan fingerprint density at radius 2 is 0.889 bits per heavy atom. The first-order chi connectivity index (χ1) is 11.8. The van der Waals surface area contributed by atoms with Crippen molar-refractivity contribution in [3.8, 4) is 0 Å². The van der Waals surface area contributed by atoms with Crippen LogP contribution in [0.2, 0.25) is 0 Å². The fourth-order valence-electron chi connectivity index (χ4n) is 2.64. The molecule has 0 N–H and O–H groups in total. The van der Waals surface area contributed by atoms with Crippen LogP contribution in [0, 0.1) is 0 Å². The third-order valence-electron chi connectivity index (χ3n) is 3.98. The minimum Gasteiger partial charge on any atom is -0.759 e. The number of unbranched alkanes of at least 4 members (excludes halogenated alkanes) is 14. The van der Waals surface area contributed by atoms with Gasteiger partial charge in [-0.15, -0.1) is 0 Å². The van der Waals surface area contributed by atoms with Crippen LogP contribution in [0.1, 0.15) is 110 Å². The molecule has 0 aliphatic carbocycles. The minimum absolute atomic E-state index is 0. The van der Waals surface area contributed by atoms with Gasteiger partial charge in [0.2, 0.25) is 0 Å². The second-order valence-electron chi connectivity index (χ2n) is 6.48. The molecule has 0 saturated carbocycles. The molecule has 0 spiro atoms. The Kier molecular flexibility index (Phi) is 32.8. The van der Waals surface area contributed by atoms with Crippen molar-refractivity contribution in [1.29, 1.82) is 0 Å². The number of rotatable bonds is 16. The largest absolute Gasteiger partial charge is 3.00 e. The molecular weight excluding hydrogens is 390 g/mol.